The summed E-state index contributed by atoms with van der Waals surface area (Å²) in [6.45, 7) is 0. The van der Waals surface area contributed by atoms with Crippen LogP contribution in [-0.2, 0) is 14.4 Å². The van der Waals surface area contributed by atoms with Gasteiger partial charge in [-0.05, 0) is 35.3 Å². The van der Waals surface area contributed by atoms with Gasteiger partial charge in [0.25, 0.3) is 5.69 Å². The number of nitrogens with zero attached hydrogens (tertiary/aromatic N) is 2. The van der Waals surface area contributed by atoms with Gasteiger partial charge >= 0.3 is 0 Å². The fourth-order valence-corrected chi connectivity index (χ4v) is 6.15. The molecule has 1 N–H and O–H groups in total. The van der Waals surface area contributed by atoms with Crippen molar-refractivity contribution in [3.63, 3.8) is 0 Å². The van der Waals surface area contributed by atoms with Gasteiger partial charge < -0.3 is 5.32 Å². The highest BCUT2D eigenvalue weighted by Gasteiger charge is 2.60. The molecule has 0 aromatic heterocycles. The van der Waals surface area contributed by atoms with Gasteiger partial charge in [0.15, 0.2) is 0 Å². The van der Waals surface area contributed by atoms with E-state index in [1.807, 2.05) is 48.6 Å². The molecule has 8 nitrogen and oxygen atoms in total. The second-order valence-electron chi connectivity index (χ2n) is 9.69. The van der Waals surface area contributed by atoms with Crippen LogP contribution in [0.3, 0.4) is 0 Å². The molecule has 3 aromatic carbocycles. The van der Waals surface area contributed by atoms with E-state index >= 15 is 0 Å². The van der Waals surface area contributed by atoms with E-state index in [4.69, 9.17) is 0 Å². The van der Waals surface area contributed by atoms with Crippen LogP contribution >= 0.6 is 0 Å². The summed E-state index contributed by atoms with van der Waals surface area (Å²) in [6.07, 6.45) is 4.61. The van der Waals surface area contributed by atoms with Crippen LogP contribution < -0.4 is 5.32 Å². The zero-order valence-electron chi connectivity index (χ0n) is 19.2. The number of rotatable bonds is 6. The monoisotopic (exact) mass is 481 g/mol. The molecule has 1 saturated heterocycles. The van der Waals surface area contributed by atoms with Crippen molar-refractivity contribution in [1.82, 2.24) is 4.90 Å². The average molecular weight is 482 g/mol. The fraction of sp³-hybridized carbons (Fsp3) is 0.250. The maximum Gasteiger partial charge on any atom is 0.269 e. The Morgan fingerprint density at radius 1 is 0.972 bits per heavy atom. The molecule has 3 aromatic rings. The SMILES string of the molecule is O=C(CC(c1cccc([N+](=O)[O-])c1)N1C(=O)C2C3C=CC(C3)C2C1=O)Nc1cccc2ccccc12. The van der Waals surface area contributed by atoms with E-state index in [0.717, 1.165) is 17.2 Å². The van der Waals surface area contributed by atoms with Crippen molar-refractivity contribution in [2.75, 3.05) is 5.32 Å². The molecule has 8 heteroatoms. The first kappa shape index (κ1) is 22.2. The van der Waals surface area contributed by atoms with Crippen LogP contribution in [-0.4, -0.2) is 27.5 Å². The van der Waals surface area contributed by atoms with Crippen molar-refractivity contribution in [2.24, 2.45) is 23.7 Å². The third-order valence-electron chi connectivity index (χ3n) is 7.72. The molecule has 3 aliphatic rings. The Bertz CT molecular complexity index is 1430. The van der Waals surface area contributed by atoms with E-state index in [2.05, 4.69) is 5.32 Å². The Hall–Kier alpha value is -4.33. The molecule has 3 amide bonds. The summed E-state index contributed by atoms with van der Waals surface area (Å²) in [7, 11) is 0. The highest BCUT2D eigenvalue weighted by Crippen LogP contribution is 2.54. The Morgan fingerprint density at radius 2 is 1.64 bits per heavy atom. The predicted octanol–water partition coefficient (Wildman–Crippen LogP) is 4.63. The van der Waals surface area contributed by atoms with E-state index in [1.54, 1.807) is 12.1 Å². The third-order valence-corrected chi connectivity index (χ3v) is 7.72. The molecule has 1 heterocycles. The van der Waals surface area contributed by atoms with Crippen LogP contribution in [0.25, 0.3) is 10.8 Å². The number of hydrogen-bond donors (Lipinski definition) is 1. The maximum absolute atomic E-state index is 13.5. The second-order valence-corrected chi connectivity index (χ2v) is 9.69. The van der Waals surface area contributed by atoms with Gasteiger partial charge in [0.2, 0.25) is 17.7 Å². The highest BCUT2D eigenvalue weighted by molar-refractivity contribution is 6.08. The largest absolute Gasteiger partial charge is 0.325 e. The number of anilines is 1. The molecule has 1 aliphatic heterocycles. The fourth-order valence-electron chi connectivity index (χ4n) is 6.15. The summed E-state index contributed by atoms with van der Waals surface area (Å²) < 4.78 is 0. The summed E-state index contributed by atoms with van der Waals surface area (Å²) >= 11 is 0. The minimum Gasteiger partial charge on any atom is -0.325 e. The first-order valence-electron chi connectivity index (χ1n) is 12.0. The number of amides is 3. The van der Waals surface area contributed by atoms with Crippen molar-refractivity contribution in [3.05, 3.63) is 94.6 Å². The van der Waals surface area contributed by atoms with Crippen molar-refractivity contribution >= 4 is 39.9 Å². The first-order valence-corrected chi connectivity index (χ1v) is 12.0. The molecule has 5 unspecified atom stereocenters. The van der Waals surface area contributed by atoms with Gasteiger partial charge in [0.05, 0.1) is 29.2 Å². The lowest BCUT2D eigenvalue weighted by atomic mass is 9.85. The van der Waals surface area contributed by atoms with Crippen LogP contribution in [0.15, 0.2) is 78.9 Å². The van der Waals surface area contributed by atoms with Gasteiger partial charge in [-0.15, -0.1) is 0 Å². The summed E-state index contributed by atoms with van der Waals surface area (Å²) in [5.41, 5.74) is 0.848. The molecule has 2 fully saturated rings. The van der Waals surface area contributed by atoms with Gasteiger partial charge in [-0.2, -0.15) is 0 Å². The Labute approximate surface area is 206 Å². The minimum atomic E-state index is -0.940. The molecular formula is C28H23N3O5. The lowest BCUT2D eigenvalue weighted by Crippen LogP contribution is -2.38. The molecule has 6 rings (SSSR count). The Morgan fingerprint density at radius 3 is 2.36 bits per heavy atom. The van der Waals surface area contributed by atoms with Crippen LogP contribution in [0.2, 0.25) is 0 Å². The van der Waals surface area contributed by atoms with Crippen LogP contribution in [0.1, 0.15) is 24.4 Å². The van der Waals surface area contributed by atoms with Crippen molar-refractivity contribution in [2.45, 2.75) is 18.9 Å². The number of nitro benzene ring substituents is 1. The lowest BCUT2D eigenvalue weighted by Gasteiger charge is -2.28. The summed E-state index contributed by atoms with van der Waals surface area (Å²) in [6, 6.07) is 18.1. The molecule has 180 valence electrons. The molecule has 2 aliphatic carbocycles. The van der Waals surface area contributed by atoms with Crippen molar-refractivity contribution in [1.29, 1.82) is 0 Å². The molecule has 5 atom stereocenters. The van der Waals surface area contributed by atoms with Crippen LogP contribution in [0.4, 0.5) is 11.4 Å². The number of carbonyl (C=O) groups excluding carboxylic acids is 3. The van der Waals surface area contributed by atoms with Crippen molar-refractivity contribution in [3.8, 4) is 0 Å². The van der Waals surface area contributed by atoms with E-state index in [1.165, 1.54) is 23.1 Å². The number of allylic oxidation sites excluding steroid dienone is 2. The Balaban J connectivity index is 1.34. The minimum absolute atomic E-state index is 0.0247. The van der Waals surface area contributed by atoms with Gasteiger partial charge in [-0.1, -0.05) is 60.7 Å². The number of non-ortho nitro benzene ring substituents is 1. The zero-order chi connectivity index (χ0) is 25.0. The maximum atomic E-state index is 13.5. The standard InChI is InChI=1S/C28H23N3O5/c32-24(29-22-10-4-6-16-5-1-2-9-21(16)22)15-23(17-7-3-8-20(14-17)31(35)36)30-27(33)25-18-11-12-19(13-18)26(25)28(30)34/h1-12,14,18-19,23,25-26H,13,15H2,(H,29,32). The average Bonchev–Trinajstić information content (AvgIpc) is 3.57. The van der Waals surface area contributed by atoms with Crippen LogP contribution in [0, 0.1) is 33.8 Å². The molecule has 2 bridgehead atoms. The van der Waals surface area contributed by atoms with Gasteiger partial charge in [0, 0.05) is 23.2 Å². The number of imide groups is 1. The van der Waals surface area contributed by atoms with Crippen LogP contribution in [0.5, 0.6) is 0 Å². The Kier molecular flexibility index (Phi) is 5.17. The topological polar surface area (TPSA) is 110 Å². The summed E-state index contributed by atoms with van der Waals surface area (Å²) in [4.78, 5) is 52.5. The molecule has 0 spiro atoms. The second kappa shape index (κ2) is 8.41. The number of nitrogens with one attached hydrogen (secondary N) is 1. The normalized spacial score (nSPS) is 24.8. The first-order chi connectivity index (χ1) is 17.4. The van der Waals surface area contributed by atoms with Crippen molar-refractivity contribution < 1.29 is 19.3 Å². The molecule has 1 saturated carbocycles. The predicted molar refractivity (Wildman–Crippen MR) is 133 cm³/mol. The lowest BCUT2D eigenvalue weighted by molar-refractivity contribution is -0.385. The van der Waals surface area contributed by atoms with E-state index in [0.29, 0.717) is 11.3 Å². The van der Waals surface area contributed by atoms with E-state index < -0.39 is 22.8 Å². The highest BCUT2D eigenvalue weighted by atomic mass is 16.6. The van der Waals surface area contributed by atoms with Gasteiger partial charge in [0.1, 0.15) is 0 Å². The summed E-state index contributed by atoms with van der Waals surface area (Å²) in [5.74, 6) is -1.77. The molecular weight excluding hydrogens is 458 g/mol. The third kappa shape index (κ3) is 3.48. The zero-order valence-corrected chi connectivity index (χ0v) is 19.2. The smallest absolute Gasteiger partial charge is 0.269 e. The number of fused-ring (bicyclic) bond motifs is 6. The summed E-state index contributed by atoms with van der Waals surface area (Å²) in [5, 5.41) is 16.2. The number of hydrogen-bond acceptors (Lipinski definition) is 5. The van der Waals surface area contributed by atoms with E-state index in [9.17, 15) is 24.5 Å². The van der Waals surface area contributed by atoms with E-state index in [-0.39, 0.29) is 41.7 Å². The quantitative estimate of drug-likeness (QED) is 0.239. The number of benzene rings is 3. The molecule has 36 heavy (non-hydrogen) atoms. The molecule has 0 radical (unpaired) electrons. The van der Waals surface area contributed by atoms with Gasteiger partial charge in [-0.3, -0.25) is 29.4 Å². The van der Waals surface area contributed by atoms with Gasteiger partial charge in [-0.25, -0.2) is 0 Å². The number of likely N-dealkylation sites (tertiary alicyclic amines) is 1. The number of carbonyl (C=O) groups is 3. The number of nitro groups is 1.